The second kappa shape index (κ2) is 12.5. The number of ether oxygens (including phenoxy) is 1. The van der Waals surface area contributed by atoms with E-state index in [1.54, 1.807) is 30.3 Å². The van der Waals surface area contributed by atoms with Gasteiger partial charge in [0.2, 0.25) is 0 Å². The van der Waals surface area contributed by atoms with Crippen molar-refractivity contribution in [1.82, 2.24) is 10.6 Å². The lowest BCUT2D eigenvalue weighted by Gasteiger charge is -2.19. The largest absolute Gasteiger partial charge is 0.480 e. The van der Waals surface area contributed by atoms with Crippen LogP contribution in [0.4, 0.5) is 0 Å². The molecule has 0 fully saturated rings. The van der Waals surface area contributed by atoms with Crippen LogP contribution < -0.4 is 15.4 Å². The molecule has 188 valence electrons. The Morgan fingerprint density at radius 1 is 0.771 bits per heavy atom. The zero-order valence-corrected chi connectivity index (χ0v) is 20.3. The molecule has 0 aliphatic rings. The average Bonchev–Trinajstić information content (AvgIpc) is 2.78. The van der Waals surface area contributed by atoms with Crippen molar-refractivity contribution < 1.29 is 34.1 Å². The van der Waals surface area contributed by atoms with Gasteiger partial charge in [-0.15, -0.1) is 0 Å². The Bertz CT molecular complexity index is 1050. The topological polar surface area (TPSA) is 142 Å². The van der Waals surface area contributed by atoms with Gasteiger partial charge in [-0.05, 0) is 55.0 Å². The van der Waals surface area contributed by atoms with E-state index in [2.05, 4.69) is 10.6 Å². The minimum atomic E-state index is -1.15. The molecule has 0 aromatic heterocycles. The number of aliphatic carboxylic acids is 2. The molecule has 0 aliphatic carbocycles. The third kappa shape index (κ3) is 8.44. The normalized spacial score (nSPS) is 12.6. The van der Waals surface area contributed by atoms with Gasteiger partial charge in [-0.25, -0.2) is 9.59 Å². The van der Waals surface area contributed by atoms with Gasteiger partial charge in [0, 0.05) is 5.56 Å². The van der Waals surface area contributed by atoms with Crippen LogP contribution in [0.2, 0.25) is 0 Å². The number of carbonyl (C=O) groups excluding carboxylic acids is 2. The van der Waals surface area contributed by atoms with E-state index in [0.29, 0.717) is 5.75 Å². The summed E-state index contributed by atoms with van der Waals surface area (Å²) in [6, 6.07) is 10.5. The number of rotatable bonds is 12. The van der Waals surface area contributed by atoms with E-state index in [1.165, 1.54) is 18.2 Å². The summed E-state index contributed by atoms with van der Waals surface area (Å²) in [5.74, 6) is -3.08. The monoisotopic (exact) mass is 484 g/mol. The quantitative estimate of drug-likeness (QED) is 0.357. The molecule has 2 aromatic rings. The molecule has 0 heterocycles. The second-order valence-corrected chi connectivity index (χ2v) is 9.11. The molecule has 0 radical (unpaired) electrons. The summed E-state index contributed by atoms with van der Waals surface area (Å²) in [5.41, 5.74) is 0.136. The first kappa shape index (κ1) is 27.4. The summed E-state index contributed by atoms with van der Waals surface area (Å²) in [6.07, 6.45) is 0.490. The number of amides is 2. The molecule has 0 spiro atoms. The smallest absolute Gasteiger partial charge is 0.326 e. The van der Waals surface area contributed by atoms with Crippen molar-refractivity contribution in [3.8, 4) is 11.5 Å². The Labute approximate surface area is 204 Å². The van der Waals surface area contributed by atoms with Crippen LogP contribution in [0.5, 0.6) is 11.5 Å². The fourth-order valence-corrected chi connectivity index (χ4v) is 3.41. The standard InChI is InChI=1S/C26H32N2O7/c1-15(2)12-20(25(31)32)27-23(29)17-10-11-19(22(14-17)35-18-8-6-5-7-9-18)24(30)28-21(26(33)34)13-16(3)4/h5-11,14-16,20-21H,12-13H2,1-4H3,(H,27,29)(H,28,30)(H,31,32)(H,33,34)/t20-,21-/m0/s1. The summed E-state index contributed by atoms with van der Waals surface area (Å²) in [4.78, 5) is 49.0. The fourth-order valence-electron chi connectivity index (χ4n) is 3.41. The van der Waals surface area contributed by atoms with Gasteiger partial charge in [0.25, 0.3) is 11.8 Å². The van der Waals surface area contributed by atoms with Crippen molar-refractivity contribution in [3.63, 3.8) is 0 Å². The molecule has 2 atom stereocenters. The number of hydrogen-bond acceptors (Lipinski definition) is 5. The molecule has 0 bridgehead atoms. The number of benzene rings is 2. The zero-order chi connectivity index (χ0) is 26.1. The Balaban J connectivity index is 2.38. The predicted molar refractivity (Wildman–Crippen MR) is 130 cm³/mol. The zero-order valence-electron chi connectivity index (χ0n) is 20.3. The van der Waals surface area contributed by atoms with E-state index in [9.17, 15) is 29.4 Å². The van der Waals surface area contributed by atoms with Gasteiger partial charge < -0.3 is 25.6 Å². The predicted octanol–water partition coefficient (Wildman–Crippen LogP) is 3.94. The van der Waals surface area contributed by atoms with Gasteiger partial charge in [-0.2, -0.15) is 0 Å². The number of carboxylic acid groups (broad SMARTS) is 2. The number of carboxylic acids is 2. The maximum Gasteiger partial charge on any atom is 0.326 e. The number of hydrogen-bond donors (Lipinski definition) is 4. The van der Waals surface area contributed by atoms with Gasteiger partial charge in [0.1, 0.15) is 23.6 Å². The molecule has 35 heavy (non-hydrogen) atoms. The van der Waals surface area contributed by atoms with E-state index < -0.39 is 35.8 Å². The van der Waals surface area contributed by atoms with Gasteiger partial charge in [-0.3, -0.25) is 9.59 Å². The maximum atomic E-state index is 13.0. The molecule has 0 saturated heterocycles. The Kier molecular flexibility index (Phi) is 9.81. The maximum absolute atomic E-state index is 13.0. The van der Waals surface area contributed by atoms with E-state index in [4.69, 9.17) is 4.74 Å². The molecule has 2 amide bonds. The summed E-state index contributed by atoms with van der Waals surface area (Å²) in [5, 5.41) is 23.9. The van der Waals surface area contributed by atoms with Crippen molar-refractivity contribution in [2.75, 3.05) is 0 Å². The van der Waals surface area contributed by atoms with Crippen LogP contribution >= 0.6 is 0 Å². The Morgan fingerprint density at radius 3 is 1.77 bits per heavy atom. The number of carbonyl (C=O) groups is 4. The van der Waals surface area contributed by atoms with Crippen LogP contribution in [0.15, 0.2) is 48.5 Å². The van der Waals surface area contributed by atoms with E-state index in [0.717, 1.165) is 0 Å². The molecule has 9 nitrogen and oxygen atoms in total. The van der Waals surface area contributed by atoms with Crippen molar-refractivity contribution in [3.05, 3.63) is 59.7 Å². The van der Waals surface area contributed by atoms with Crippen LogP contribution in [-0.4, -0.2) is 46.0 Å². The van der Waals surface area contributed by atoms with Gasteiger partial charge in [0.05, 0.1) is 5.56 Å². The molecular formula is C26H32N2O7. The SMILES string of the molecule is CC(C)C[C@H](NC(=O)c1ccc(C(=O)N[C@@H](CC(C)C)C(=O)O)c(Oc2ccccc2)c1)C(=O)O. The molecule has 4 N–H and O–H groups in total. The highest BCUT2D eigenvalue weighted by Gasteiger charge is 2.26. The van der Waals surface area contributed by atoms with E-state index in [1.807, 2.05) is 27.7 Å². The van der Waals surface area contributed by atoms with E-state index in [-0.39, 0.29) is 41.6 Å². The molecular weight excluding hydrogens is 452 g/mol. The van der Waals surface area contributed by atoms with Crippen molar-refractivity contribution in [2.45, 2.75) is 52.6 Å². The minimum absolute atomic E-state index is 0.0331. The summed E-state index contributed by atoms with van der Waals surface area (Å²) < 4.78 is 5.86. The average molecular weight is 485 g/mol. The Morgan fingerprint density at radius 2 is 1.29 bits per heavy atom. The lowest BCUT2D eigenvalue weighted by molar-refractivity contribution is -0.140. The third-order valence-electron chi connectivity index (χ3n) is 5.08. The molecule has 0 aliphatic heterocycles. The fraction of sp³-hybridized carbons (Fsp3) is 0.385. The Hall–Kier alpha value is -3.88. The summed E-state index contributed by atoms with van der Waals surface area (Å²) in [7, 11) is 0. The highest BCUT2D eigenvalue weighted by atomic mass is 16.5. The third-order valence-corrected chi connectivity index (χ3v) is 5.08. The lowest BCUT2D eigenvalue weighted by atomic mass is 10.0. The van der Waals surface area contributed by atoms with Crippen LogP contribution in [0, 0.1) is 11.8 Å². The van der Waals surface area contributed by atoms with Crippen LogP contribution in [0.1, 0.15) is 61.3 Å². The lowest BCUT2D eigenvalue weighted by Crippen LogP contribution is -2.42. The summed E-state index contributed by atoms with van der Waals surface area (Å²) in [6.45, 7) is 7.40. The number of para-hydroxylation sites is 1. The summed E-state index contributed by atoms with van der Waals surface area (Å²) >= 11 is 0. The van der Waals surface area contributed by atoms with Crippen LogP contribution in [0.25, 0.3) is 0 Å². The molecule has 2 rings (SSSR count). The van der Waals surface area contributed by atoms with Crippen LogP contribution in [-0.2, 0) is 9.59 Å². The van der Waals surface area contributed by atoms with Crippen molar-refractivity contribution in [1.29, 1.82) is 0 Å². The van der Waals surface area contributed by atoms with Crippen LogP contribution in [0.3, 0.4) is 0 Å². The molecule has 9 heteroatoms. The minimum Gasteiger partial charge on any atom is -0.480 e. The molecule has 0 unspecified atom stereocenters. The van der Waals surface area contributed by atoms with Gasteiger partial charge in [-0.1, -0.05) is 45.9 Å². The van der Waals surface area contributed by atoms with Gasteiger partial charge >= 0.3 is 11.9 Å². The number of nitrogens with one attached hydrogen (secondary N) is 2. The molecule has 0 saturated carbocycles. The van der Waals surface area contributed by atoms with E-state index >= 15 is 0 Å². The second-order valence-electron chi connectivity index (χ2n) is 9.11. The first-order valence-electron chi connectivity index (χ1n) is 11.4. The highest BCUT2D eigenvalue weighted by molar-refractivity contribution is 6.02. The van der Waals surface area contributed by atoms with Crippen molar-refractivity contribution >= 4 is 23.8 Å². The first-order chi connectivity index (χ1) is 16.5. The van der Waals surface area contributed by atoms with Crippen molar-refractivity contribution in [2.24, 2.45) is 11.8 Å². The highest BCUT2D eigenvalue weighted by Crippen LogP contribution is 2.27. The van der Waals surface area contributed by atoms with Gasteiger partial charge in [0.15, 0.2) is 0 Å². The molecule has 2 aromatic carbocycles. The first-order valence-corrected chi connectivity index (χ1v) is 11.4.